The molecule has 0 saturated heterocycles. The number of benzene rings is 2. The van der Waals surface area contributed by atoms with Crippen molar-refractivity contribution in [3.05, 3.63) is 59.9 Å². The van der Waals surface area contributed by atoms with Crippen molar-refractivity contribution in [2.24, 2.45) is 0 Å². The maximum atomic E-state index is 13.2. The minimum atomic E-state index is -1.10. The first kappa shape index (κ1) is 14.8. The van der Waals surface area contributed by atoms with Gasteiger partial charge >= 0.3 is 5.97 Å². The molecule has 0 heterocycles. The van der Waals surface area contributed by atoms with E-state index in [0.29, 0.717) is 5.56 Å². The van der Waals surface area contributed by atoms with Crippen LogP contribution in [0.3, 0.4) is 0 Å². The molecule has 0 radical (unpaired) electrons. The zero-order chi connectivity index (χ0) is 15.5. The number of carbonyl (C=O) groups is 1. The van der Waals surface area contributed by atoms with Crippen LogP contribution in [0.25, 0.3) is 11.1 Å². The molecule has 3 heteroatoms. The number of ether oxygens (including phenoxy) is 1. The average molecular weight is 282 g/mol. The first-order valence-corrected chi connectivity index (χ1v) is 6.48. The monoisotopic (exact) mass is 282 g/mol. The lowest BCUT2D eigenvalue weighted by Gasteiger charge is -2.24. The molecule has 0 spiro atoms. The third kappa shape index (κ3) is 3.29. The van der Waals surface area contributed by atoms with Crippen LogP contribution in [0.5, 0.6) is 0 Å². The van der Waals surface area contributed by atoms with Gasteiger partial charge in [0.15, 0.2) is 5.60 Å². The van der Waals surface area contributed by atoms with E-state index in [4.69, 9.17) is 11.2 Å². The molecule has 0 fully saturated rings. The van der Waals surface area contributed by atoms with Gasteiger partial charge in [0.2, 0.25) is 0 Å². The Labute approximate surface area is 123 Å². The molecule has 1 atom stereocenters. The molecule has 21 heavy (non-hydrogen) atoms. The quantitative estimate of drug-likeness (QED) is 0.630. The van der Waals surface area contributed by atoms with Crippen LogP contribution in [0.1, 0.15) is 19.4 Å². The Morgan fingerprint density at radius 1 is 1.19 bits per heavy atom. The van der Waals surface area contributed by atoms with Gasteiger partial charge in [0, 0.05) is 12.5 Å². The molecule has 2 rings (SSSR count). The maximum Gasteiger partial charge on any atom is 0.304 e. The lowest BCUT2D eigenvalue weighted by molar-refractivity contribution is -0.151. The summed E-state index contributed by atoms with van der Waals surface area (Å²) in [7, 11) is 0. The smallest absolute Gasteiger partial charge is 0.304 e. The molecular weight excluding hydrogens is 267 g/mol. The van der Waals surface area contributed by atoms with Gasteiger partial charge in [0.05, 0.1) is 0 Å². The molecule has 0 N–H and O–H groups in total. The van der Waals surface area contributed by atoms with Crippen LogP contribution < -0.4 is 0 Å². The fraction of sp³-hybridized carbons (Fsp3) is 0.167. The largest absolute Gasteiger partial charge is 0.442 e. The van der Waals surface area contributed by atoms with Gasteiger partial charge in [-0.2, -0.15) is 0 Å². The summed E-state index contributed by atoms with van der Waals surface area (Å²) < 4.78 is 18.4. The SMILES string of the molecule is C#CC(C)(OC(C)=O)c1ccc(-c2cccc(F)c2)cc1. The van der Waals surface area contributed by atoms with Gasteiger partial charge in [-0.1, -0.05) is 42.3 Å². The predicted octanol–water partition coefficient (Wildman–Crippen LogP) is 3.90. The van der Waals surface area contributed by atoms with E-state index in [0.717, 1.165) is 11.1 Å². The van der Waals surface area contributed by atoms with Crippen molar-refractivity contribution in [3.63, 3.8) is 0 Å². The van der Waals surface area contributed by atoms with Gasteiger partial charge in [-0.05, 0) is 30.2 Å². The minimum absolute atomic E-state index is 0.287. The molecule has 106 valence electrons. The summed E-state index contributed by atoms with van der Waals surface area (Å²) in [5.41, 5.74) is 1.23. The van der Waals surface area contributed by atoms with Crippen molar-refractivity contribution < 1.29 is 13.9 Å². The molecule has 2 aromatic carbocycles. The Bertz CT molecular complexity index is 698. The summed E-state index contributed by atoms with van der Waals surface area (Å²) in [5.74, 6) is 1.76. The second-order valence-electron chi connectivity index (χ2n) is 4.86. The zero-order valence-corrected chi connectivity index (χ0v) is 11.9. The Kier molecular flexibility index (Phi) is 4.09. The van der Waals surface area contributed by atoms with Gasteiger partial charge in [-0.25, -0.2) is 4.39 Å². The molecule has 2 nitrogen and oxygen atoms in total. The van der Waals surface area contributed by atoms with E-state index in [9.17, 15) is 9.18 Å². The Morgan fingerprint density at radius 3 is 2.38 bits per heavy atom. The summed E-state index contributed by atoms with van der Waals surface area (Å²) >= 11 is 0. The number of terminal acetylenes is 1. The van der Waals surface area contributed by atoms with Crippen molar-refractivity contribution in [3.8, 4) is 23.5 Å². The molecule has 0 amide bonds. The van der Waals surface area contributed by atoms with E-state index in [1.165, 1.54) is 19.1 Å². The highest BCUT2D eigenvalue weighted by atomic mass is 19.1. The molecule has 2 aromatic rings. The molecular formula is C18H15FO2. The molecule has 0 bridgehead atoms. The van der Waals surface area contributed by atoms with Gasteiger partial charge in [-0.15, -0.1) is 6.42 Å². The third-order valence-corrected chi connectivity index (χ3v) is 3.22. The van der Waals surface area contributed by atoms with E-state index in [2.05, 4.69) is 5.92 Å². The maximum absolute atomic E-state index is 13.2. The minimum Gasteiger partial charge on any atom is -0.442 e. The number of hydrogen-bond donors (Lipinski definition) is 0. The van der Waals surface area contributed by atoms with Crippen molar-refractivity contribution in [1.82, 2.24) is 0 Å². The highest BCUT2D eigenvalue weighted by molar-refractivity contribution is 5.68. The second-order valence-corrected chi connectivity index (χ2v) is 4.86. The van der Waals surface area contributed by atoms with Crippen LogP contribution in [-0.4, -0.2) is 5.97 Å². The van der Waals surface area contributed by atoms with Crippen molar-refractivity contribution in [1.29, 1.82) is 0 Å². The normalized spacial score (nSPS) is 13.0. The number of hydrogen-bond acceptors (Lipinski definition) is 2. The molecule has 0 aliphatic heterocycles. The van der Waals surface area contributed by atoms with Crippen molar-refractivity contribution >= 4 is 5.97 Å². The highest BCUT2D eigenvalue weighted by Crippen LogP contribution is 2.28. The van der Waals surface area contributed by atoms with Crippen LogP contribution >= 0.6 is 0 Å². The van der Waals surface area contributed by atoms with Crippen LogP contribution in [0.4, 0.5) is 4.39 Å². The first-order chi connectivity index (χ1) is 9.94. The predicted molar refractivity (Wildman–Crippen MR) is 79.8 cm³/mol. The number of halogens is 1. The van der Waals surface area contributed by atoms with Crippen LogP contribution in [0.2, 0.25) is 0 Å². The molecule has 0 aliphatic rings. The summed E-state index contributed by atoms with van der Waals surface area (Å²) in [6.45, 7) is 2.97. The summed E-state index contributed by atoms with van der Waals surface area (Å²) in [5, 5.41) is 0. The van der Waals surface area contributed by atoms with Gasteiger partial charge in [0.25, 0.3) is 0 Å². The van der Waals surface area contributed by atoms with Crippen molar-refractivity contribution in [2.75, 3.05) is 0 Å². The van der Waals surface area contributed by atoms with Gasteiger partial charge in [-0.3, -0.25) is 4.79 Å². The molecule has 0 saturated carbocycles. The van der Waals surface area contributed by atoms with E-state index in [-0.39, 0.29) is 5.82 Å². The number of carbonyl (C=O) groups excluding carboxylic acids is 1. The van der Waals surface area contributed by atoms with Crippen LogP contribution in [0.15, 0.2) is 48.5 Å². The van der Waals surface area contributed by atoms with E-state index >= 15 is 0 Å². The lowest BCUT2D eigenvalue weighted by atomic mass is 9.94. The fourth-order valence-electron chi connectivity index (χ4n) is 2.11. The number of rotatable bonds is 3. The molecule has 0 aromatic heterocycles. The Hall–Kier alpha value is -2.60. The summed E-state index contributed by atoms with van der Waals surface area (Å²) in [6, 6.07) is 13.5. The highest BCUT2D eigenvalue weighted by Gasteiger charge is 2.27. The van der Waals surface area contributed by atoms with E-state index < -0.39 is 11.6 Å². The van der Waals surface area contributed by atoms with Crippen LogP contribution in [-0.2, 0) is 15.1 Å². The average Bonchev–Trinajstić information content (AvgIpc) is 2.46. The first-order valence-electron chi connectivity index (χ1n) is 6.48. The third-order valence-electron chi connectivity index (χ3n) is 3.22. The van der Waals surface area contributed by atoms with Crippen molar-refractivity contribution in [2.45, 2.75) is 19.4 Å². The van der Waals surface area contributed by atoms with Gasteiger partial charge < -0.3 is 4.74 Å². The van der Waals surface area contributed by atoms with Gasteiger partial charge in [0.1, 0.15) is 5.82 Å². The molecule has 1 unspecified atom stereocenters. The van der Waals surface area contributed by atoms with E-state index in [1.807, 2.05) is 18.2 Å². The Morgan fingerprint density at radius 2 is 1.86 bits per heavy atom. The lowest BCUT2D eigenvalue weighted by Crippen LogP contribution is -2.26. The Balaban J connectivity index is 2.35. The second kappa shape index (κ2) is 5.80. The summed E-state index contributed by atoms with van der Waals surface area (Å²) in [4.78, 5) is 11.2. The zero-order valence-electron chi connectivity index (χ0n) is 11.9. The summed E-state index contributed by atoms with van der Waals surface area (Å²) in [6.07, 6.45) is 5.48. The molecule has 0 aliphatic carbocycles. The fourth-order valence-corrected chi connectivity index (χ4v) is 2.11. The standard InChI is InChI=1S/C18H15FO2/c1-4-18(3,21-13(2)20)16-10-8-14(9-11-16)15-6-5-7-17(19)12-15/h1,5-12H,2-3H3. The number of esters is 1. The van der Waals surface area contributed by atoms with Crippen LogP contribution in [0, 0.1) is 18.2 Å². The van der Waals surface area contributed by atoms with E-state index in [1.54, 1.807) is 25.1 Å². The topological polar surface area (TPSA) is 26.3 Å².